The van der Waals surface area contributed by atoms with E-state index in [1.807, 2.05) is 0 Å². The van der Waals surface area contributed by atoms with E-state index < -0.39 is 0 Å². The van der Waals surface area contributed by atoms with Gasteiger partial charge < -0.3 is 15.4 Å². The van der Waals surface area contributed by atoms with Crippen molar-refractivity contribution in [1.82, 2.24) is 9.80 Å². The third-order valence-electron chi connectivity index (χ3n) is 4.35. The first-order chi connectivity index (χ1) is 9.69. The summed E-state index contributed by atoms with van der Waals surface area (Å²) < 4.78 is 5.68. The number of hydrogen-bond donors (Lipinski definition) is 1. The van der Waals surface area contributed by atoms with Gasteiger partial charge in [-0.3, -0.25) is 9.89 Å². The number of morpholine rings is 1. The Balaban J connectivity index is 0.00000220. The van der Waals surface area contributed by atoms with Gasteiger partial charge >= 0.3 is 0 Å². The number of halogens is 1. The predicted molar refractivity (Wildman–Crippen MR) is 98.3 cm³/mol. The van der Waals surface area contributed by atoms with E-state index in [1.54, 1.807) is 0 Å². The number of aliphatic imine (C=N–C) groups is 1. The summed E-state index contributed by atoms with van der Waals surface area (Å²) in [5.74, 6) is 1.47. The number of nitrogens with two attached hydrogens (primary N) is 1. The van der Waals surface area contributed by atoms with Gasteiger partial charge in [-0.25, -0.2) is 0 Å². The Morgan fingerprint density at radius 2 is 2.14 bits per heavy atom. The fourth-order valence-electron chi connectivity index (χ4n) is 3.03. The quantitative estimate of drug-likeness (QED) is 0.436. The minimum atomic E-state index is 0. The van der Waals surface area contributed by atoms with Crippen LogP contribution >= 0.6 is 24.0 Å². The molecule has 2 atom stereocenters. The smallest absolute Gasteiger partial charge is 0.191 e. The molecule has 2 fully saturated rings. The molecule has 0 saturated carbocycles. The fourth-order valence-corrected chi connectivity index (χ4v) is 3.03. The van der Waals surface area contributed by atoms with Crippen molar-refractivity contribution in [1.29, 1.82) is 0 Å². The van der Waals surface area contributed by atoms with Crippen LogP contribution in [0, 0.1) is 5.92 Å². The second-order valence-electron chi connectivity index (χ2n) is 6.13. The van der Waals surface area contributed by atoms with Crippen LogP contribution in [0.15, 0.2) is 4.99 Å². The molecule has 2 N–H and O–H groups in total. The Bertz CT molecular complexity index is 327. The van der Waals surface area contributed by atoms with Crippen molar-refractivity contribution in [2.75, 3.05) is 45.9 Å². The number of ether oxygens (including phenoxy) is 1. The van der Waals surface area contributed by atoms with E-state index in [4.69, 9.17) is 10.5 Å². The number of hydrogen-bond acceptors (Lipinski definition) is 3. The van der Waals surface area contributed by atoms with Crippen LogP contribution in [-0.4, -0.2) is 67.7 Å². The summed E-state index contributed by atoms with van der Waals surface area (Å²) in [6.45, 7) is 11.3. The maximum Gasteiger partial charge on any atom is 0.191 e. The maximum atomic E-state index is 6.11. The number of piperidine rings is 1. The maximum absolute atomic E-state index is 6.11. The first-order valence-electron chi connectivity index (χ1n) is 8.08. The Kier molecular flexibility index (Phi) is 8.89. The molecule has 2 rings (SSSR count). The van der Waals surface area contributed by atoms with Crippen molar-refractivity contribution >= 4 is 29.9 Å². The van der Waals surface area contributed by atoms with E-state index in [0.29, 0.717) is 6.10 Å². The van der Waals surface area contributed by atoms with E-state index in [2.05, 4.69) is 28.6 Å². The van der Waals surface area contributed by atoms with Crippen molar-refractivity contribution in [2.24, 2.45) is 16.6 Å². The Morgan fingerprint density at radius 1 is 1.33 bits per heavy atom. The molecule has 2 aliphatic rings. The highest BCUT2D eigenvalue weighted by molar-refractivity contribution is 14.0. The van der Waals surface area contributed by atoms with Crippen LogP contribution in [0.2, 0.25) is 0 Å². The van der Waals surface area contributed by atoms with Crippen molar-refractivity contribution < 1.29 is 4.74 Å². The Labute approximate surface area is 146 Å². The van der Waals surface area contributed by atoms with Crippen LogP contribution in [0.4, 0.5) is 0 Å². The summed E-state index contributed by atoms with van der Waals surface area (Å²) in [7, 11) is 0. The van der Waals surface area contributed by atoms with Crippen LogP contribution < -0.4 is 5.73 Å². The van der Waals surface area contributed by atoms with Crippen LogP contribution in [0.1, 0.15) is 33.1 Å². The molecule has 0 aromatic rings. The van der Waals surface area contributed by atoms with Crippen molar-refractivity contribution in [3.05, 3.63) is 0 Å². The number of rotatable bonds is 4. The third-order valence-corrected chi connectivity index (χ3v) is 4.35. The SMILES string of the molecule is CCC1CN(CCN=C(N)N2CCCC(C)C2)CCO1.I. The molecule has 0 aromatic heterocycles. The number of nitrogens with zero attached hydrogens (tertiary/aromatic N) is 3. The van der Waals surface area contributed by atoms with E-state index in [-0.39, 0.29) is 24.0 Å². The molecule has 0 aromatic carbocycles. The van der Waals surface area contributed by atoms with Gasteiger partial charge in [0, 0.05) is 32.7 Å². The molecule has 2 aliphatic heterocycles. The molecule has 2 unspecified atom stereocenters. The standard InChI is InChI=1S/C15H30N4O.HI/c1-3-14-12-18(9-10-20-14)8-6-17-15(16)19-7-4-5-13(2)11-19;/h13-14H,3-12H2,1-2H3,(H2,16,17);1H. The zero-order chi connectivity index (χ0) is 14.4. The Morgan fingerprint density at radius 3 is 2.86 bits per heavy atom. The second-order valence-corrected chi connectivity index (χ2v) is 6.13. The summed E-state index contributed by atoms with van der Waals surface area (Å²) in [4.78, 5) is 9.24. The lowest BCUT2D eigenvalue weighted by molar-refractivity contribution is -0.0284. The van der Waals surface area contributed by atoms with Crippen molar-refractivity contribution in [2.45, 2.75) is 39.2 Å². The Hall–Kier alpha value is -0.0800. The number of guanidine groups is 1. The van der Waals surface area contributed by atoms with Crippen LogP contribution in [0.5, 0.6) is 0 Å². The van der Waals surface area contributed by atoms with Gasteiger partial charge in [0.25, 0.3) is 0 Å². The summed E-state index contributed by atoms with van der Waals surface area (Å²) in [5.41, 5.74) is 6.11. The summed E-state index contributed by atoms with van der Waals surface area (Å²) >= 11 is 0. The molecule has 0 amide bonds. The molecule has 21 heavy (non-hydrogen) atoms. The van der Waals surface area contributed by atoms with E-state index >= 15 is 0 Å². The highest BCUT2D eigenvalue weighted by Gasteiger charge is 2.19. The first kappa shape index (κ1) is 19.0. The highest BCUT2D eigenvalue weighted by Crippen LogP contribution is 2.14. The largest absolute Gasteiger partial charge is 0.376 e. The lowest BCUT2D eigenvalue weighted by atomic mass is 10.0. The molecule has 124 valence electrons. The number of likely N-dealkylation sites (tertiary alicyclic amines) is 1. The molecule has 0 spiro atoms. The summed E-state index contributed by atoms with van der Waals surface area (Å²) in [5, 5.41) is 0. The fraction of sp³-hybridized carbons (Fsp3) is 0.933. The molecule has 2 saturated heterocycles. The first-order valence-corrected chi connectivity index (χ1v) is 8.08. The van der Waals surface area contributed by atoms with Crippen LogP contribution in [0.3, 0.4) is 0 Å². The average molecular weight is 410 g/mol. The minimum Gasteiger partial charge on any atom is -0.376 e. The van der Waals surface area contributed by atoms with E-state index in [1.165, 1.54) is 12.8 Å². The second kappa shape index (κ2) is 9.84. The van der Waals surface area contributed by atoms with Gasteiger partial charge in [0.2, 0.25) is 0 Å². The van der Waals surface area contributed by atoms with Crippen LogP contribution in [0.25, 0.3) is 0 Å². The van der Waals surface area contributed by atoms with Gasteiger partial charge in [-0.1, -0.05) is 13.8 Å². The topological polar surface area (TPSA) is 54.1 Å². The highest BCUT2D eigenvalue weighted by atomic mass is 127. The lowest BCUT2D eigenvalue weighted by Crippen LogP contribution is -2.45. The molecular weight excluding hydrogens is 379 g/mol. The molecular formula is C15H31IN4O. The van der Waals surface area contributed by atoms with Gasteiger partial charge in [0.1, 0.15) is 0 Å². The normalized spacial score (nSPS) is 28.3. The zero-order valence-electron chi connectivity index (χ0n) is 13.5. The summed E-state index contributed by atoms with van der Waals surface area (Å²) in [6.07, 6.45) is 4.04. The minimum absolute atomic E-state index is 0. The van der Waals surface area contributed by atoms with Crippen molar-refractivity contribution in [3.63, 3.8) is 0 Å². The monoisotopic (exact) mass is 410 g/mol. The van der Waals surface area contributed by atoms with E-state index in [0.717, 1.165) is 64.2 Å². The van der Waals surface area contributed by atoms with Crippen molar-refractivity contribution in [3.8, 4) is 0 Å². The zero-order valence-corrected chi connectivity index (χ0v) is 15.8. The predicted octanol–water partition coefficient (Wildman–Crippen LogP) is 1.76. The molecule has 0 aliphatic carbocycles. The van der Waals surface area contributed by atoms with Gasteiger partial charge in [-0.2, -0.15) is 0 Å². The molecule has 0 bridgehead atoms. The molecule has 2 heterocycles. The van der Waals surface area contributed by atoms with Crippen LogP contribution in [-0.2, 0) is 4.74 Å². The lowest BCUT2D eigenvalue weighted by Gasteiger charge is -2.33. The molecule has 0 radical (unpaired) electrons. The third kappa shape index (κ3) is 6.28. The van der Waals surface area contributed by atoms with E-state index in [9.17, 15) is 0 Å². The summed E-state index contributed by atoms with van der Waals surface area (Å²) in [6, 6.07) is 0. The van der Waals surface area contributed by atoms with Gasteiger partial charge in [-0.05, 0) is 25.2 Å². The van der Waals surface area contributed by atoms with Gasteiger partial charge in [0.15, 0.2) is 5.96 Å². The molecule has 5 nitrogen and oxygen atoms in total. The molecule has 6 heteroatoms. The van der Waals surface area contributed by atoms with Gasteiger partial charge in [-0.15, -0.1) is 24.0 Å². The average Bonchev–Trinajstić information content (AvgIpc) is 2.47. The van der Waals surface area contributed by atoms with Gasteiger partial charge in [0.05, 0.1) is 19.3 Å².